The van der Waals surface area contributed by atoms with Gasteiger partial charge in [0.15, 0.2) is 0 Å². The Kier molecular flexibility index (Phi) is 4.30. The van der Waals surface area contributed by atoms with Crippen LogP contribution in [0.15, 0.2) is 22.7 Å². The molecule has 1 aliphatic heterocycles. The molecule has 10 heteroatoms. The average Bonchev–Trinajstić information content (AvgIpc) is 2.66. The predicted octanol–water partition coefficient (Wildman–Crippen LogP) is 0.999. The Morgan fingerprint density at radius 1 is 1.48 bits per heavy atom. The number of nitrogens with zero attached hydrogens (tertiary/aromatic N) is 2. The molecule has 0 saturated carbocycles. The van der Waals surface area contributed by atoms with Gasteiger partial charge in [-0.1, -0.05) is 15.9 Å². The van der Waals surface area contributed by atoms with Crippen molar-refractivity contribution in [1.82, 2.24) is 0 Å². The number of nitro benzene ring substituents is 1. The highest BCUT2D eigenvalue weighted by Gasteiger charge is 2.35. The van der Waals surface area contributed by atoms with Crippen molar-refractivity contribution in [2.24, 2.45) is 11.1 Å². The maximum Gasteiger partial charge on any atom is 0.293 e. The van der Waals surface area contributed by atoms with Crippen molar-refractivity contribution in [3.8, 4) is 0 Å². The molecule has 8 nitrogen and oxygen atoms in total. The average molecular weight is 378 g/mol. The van der Waals surface area contributed by atoms with Crippen LogP contribution in [0, 0.1) is 16.0 Å². The van der Waals surface area contributed by atoms with Gasteiger partial charge < -0.3 is 4.90 Å². The minimum absolute atomic E-state index is 0.0000968. The lowest BCUT2D eigenvalue weighted by atomic mass is 10.1. The molecule has 2 N–H and O–H groups in total. The summed E-state index contributed by atoms with van der Waals surface area (Å²) in [4.78, 5) is 23.7. The molecule has 1 saturated heterocycles. The summed E-state index contributed by atoms with van der Waals surface area (Å²) in [5, 5.41) is 16.0. The number of hydrogen-bond acceptors (Lipinski definition) is 5. The van der Waals surface area contributed by atoms with Crippen molar-refractivity contribution in [3.63, 3.8) is 0 Å². The van der Waals surface area contributed by atoms with Crippen LogP contribution in [0.25, 0.3) is 0 Å². The Hall–Kier alpha value is -1.52. The predicted molar refractivity (Wildman–Crippen MR) is 79.2 cm³/mol. The molecule has 1 heterocycles. The molecule has 0 spiro atoms. The van der Waals surface area contributed by atoms with Gasteiger partial charge >= 0.3 is 0 Å². The summed E-state index contributed by atoms with van der Waals surface area (Å²) in [7, 11) is -3.69. The lowest BCUT2D eigenvalue weighted by molar-refractivity contribution is -0.384. The van der Waals surface area contributed by atoms with Crippen LogP contribution < -0.4 is 10.0 Å². The summed E-state index contributed by atoms with van der Waals surface area (Å²) in [6.45, 7) is 0.0898. The van der Waals surface area contributed by atoms with E-state index >= 15 is 0 Å². The Balaban J connectivity index is 2.33. The molecular weight excluding hydrogens is 366 g/mol. The number of nitrogens with two attached hydrogens (primary N) is 1. The minimum atomic E-state index is -3.69. The van der Waals surface area contributed by atoms with E-state index in [4.69, 9.17) is 5.14 Å². The summed E-state index contributed by atoms with van der Waals surface area (Å²) >= 11 is 3.20. The van der Waals surface area contributed by atoms with E-state index in [0.717, 1.165) is 0 Å². The Morgan fingerprint density at radius 2 is 2.14 bits per heavy atom. The number of primary sulfonamides is 1. The van der Waals surface area contributed by atoms with Gasteiger partial charge in [-0.25, -0.2) is 13.6 Å². The molecule has 114 valence electrons. The number of hydrogen-bond donors (Lipinski definition) is 1. The second-order valence-corrected chi connectivity index (χ2v) is 7.37. The van der Waals surface area contributed by atoms with Crippen LogP contribution in [0.3, 0.4) is 0 Å². The van der Waals surface area contributed by atoms with Gasteiger partial charge in [-0.05, 0) is 12.1 Å². The van der Waals surface area contributed by atoms with Crippen LogP contribution in [0.5, 0.6) is 0 Å². The third-order valence-electron chi connectivity index (χ3n) is 3.10. The van der Waals surface area contributed by atoms with E-state index < -0.39 is 20.9 Å². The SMILES string of the molecule is NS(=O)(=O)CC1CC(=O)N(c2cc(Br)ccc2[N+](=O)[O-])C1. The van der Waals surface area contributed by atoms with Crippen LogP contribution in [-0.4, -0.2) is 31.5 Å². The zero-order valence-corrected chi connectivity index (χ0v) is 13.1. The lowest BCUT2D eigenvalue weighted by Gasteiger charge is -2.17. The van der Waals surface area contributed by atoms with E-state index in [2.05, 4.69) is 15.9 Å². The van der Waals surface area contributed by atoms with E-state index in [1.54, 1.807) is 0 Å². The fourth-order valence-corrected chi connectivity index (χ4v) is 3.55. The highest BCUT2D eigenvalue weighted by molar-refractivity contribution is 9.10. The third kappa shape index (κ3) is 3.77. The molecule has 21 heavy (non-hydrogen) atoms. The van der Waals surface area contributed by atoms with E-state index in [1.807, 2.05) is 0 Å². The number of nitro groups is 1. The van der Waals surface area contributed by atoms with Gasteiger partial charge in [0, 0.05) is 29.4 Å². The highest BCUT2D eigenvalue weighted by atomic mass is 79.9. The fourth-order valence-electron chi connectivity index (χ4n) is 2.32. The van der Waals surface area contributed by atoms with Crippen LogP contribution in [0.1, 0.15) is 6.42 Å². The Morgan fingerprint density at radius 3 is 2.71 bits per heavy atom. The van der Waals surface area contributed by atoms with Crippen LogP contribution >= 0.6 is 15.9 Å². The van der Waals surface area contributed by atoms with Gasteiger partial charge in [-0.15, -0.1) is 0 Å². The largest absolute Gasteiger partial charge is 0.306 e. The first-order valence-corrected chi connectivity index (χ1v) is 8.43. The highest BCUT2D eigenvalue weighted by Crippen LogP contribution is 2.35. The van der Waals surface area contributed by atoms with Crippen LogP contribution in [-0.2, 0) is 14.8 Å². The molecule has 1 atom stereocenters. The first-order chi connectivity index (χ1) is 9.67. The van der Waals surface area contributed by atoms with Gasteiger partial charge in [0.2, 0.25) is 15.9 Å². The zero-order chi connectivity index (χ0) is 15.8. The fraction of sp³-hybridized carbons (Fsp3) is 0.364. The number of sulfonamides is 1. The molecule has 0 bridgehead atoms. The van der Waals surface area contributed by atoms with Crippen LogP contribution in [0.2, 0.25) is 0 Å². The lowest BCUT2D eigenvalue weighted by Crippen LogP contribution is -2.28. The maximum absolute atomic E-state index is 12.0. The molecule has 1 amide bonds. The zero-order valence-electron chi connectivity index (χ0n) is 10.7. The van der Waals surface area contributed by atoms with E-state index in [9.17, 15) is 23.3 Å². The summed E-state index contributed by atoms with van der Waals surface area (Å²) in [5.74, 6) is -1.15. The normalized spacial score (nSPS) is 19.0. The van der Waals surface area contributed by atoms with Crippen LogP contribution in [0.4, 0.5) is 11.4 Å². The van der Waals surface area contributed by atoms with Crippen molar-refractivity contribution >= 4 is 43.2 Å². The van der Waals surface area contributed by atoms with Crippen molar-refractivity contribution in [2.75, 3.05) is 17.2 Å². The quantitative estimate of drug-likeness (QED) is 0.618. The van der Waals surface area contributed by atoms with Gasteiger partial charge in [0.05, 0.1) is 10.7 Å². The van der Waals surface area contributed by atoms with E-state index in [0.29, 0.717) is 4.47 Å². The van der Waals surface area contributed by atoms with E-state index in [-0.39, 0.29) is 36.0 Å². The smallest absolute Gasteiger partial charge is 0.293 e. The summed E-state index contributed by atoms with van der Waals surface area (Å²) < 4.78 is 22.8. The molecule has 1 aliphatic rings. The monoisotopic (exact) mass is 377 g/mol. The van der Waals surface area contributed by atoms with Crippen molar-refractivity contribution in [1.29, 1.82) is 0 Å². The number of amides is 1. The molecule has 1 aromatic rings. The standard InChI is InChI=1S/C11H12BrN3O5S/c12-8-1-2-9(15(17)18)10(4-8)14-5-7(3-11(14)16)6-21(13,19)20/h1-2,4,7H,3,5-6H2,(H2,13,19,20). The molecule has 0 aliphatic carbocycles. The Labute approximate surface area is 129 Å². The summed E-state index contributed by atoms with van der Waals surface area (Å²) in [6.07, 6.45) is 0.0000968. The molecule has 1 aromatic carbocycles. The molecule has 0 radical (unpaired) electrons. The second-order valence-electron chi connectivity index (χ2n) is 4.79. The number of rotatable bonds is 4. The molecular formula is C11H12BrN3O5S. The summed E-state index contributed by atoms with van der Waals surface area (Å²) in [6, 6.07) is 4.26. The van der Waals surface area contributed by atoms with Gasteiger partial charge in [0.1, 0.15) is 5.69 Å². The van der Waals surface area contributed by atoms with Gasteiger partial charge in [-0.3, -0.25) is 14.9 Å². The van der Waals surface area contributed by atoms with E-state index in [1.165, 1.54) is 23.1 Å². The Bertz CT molecular complexity index is 706. The minimum Gasteiger partial charge on any atom is -0.306 e. The number of halogens is 1. The second kappa shape index (κ2) is 5.70. The maximum atomic E-state index is 12.0. The van der Waals surface area contributed by atoms with Gasteiger partial charge in [-0.2, -0.15) is 0 Å². The first kappa shape index (κ1) is 15.9. The van der Waals surface area contributed by atoms with Gasteiger partial charge in [0.25, 0.3) is 5.69 Å². The van der Waals surface area contributed by atoms with Crippen molar-refractivity contribution < 1.29 is 18.1 Å². The van der Waals surface area contributed by atoms with Crippen molar-refractivity contribution in [2.45, 2.75) is 6.42 Å². The topological polar surface area (TPSA) is 124 Å². The molecule has 1 fully saturated rings. The first-order valence-electron chi connectivity index (χ1n) is 5.92. The van der Waals surface area contributed by atoms with Crippen molar-refractivity contribution in [3.05, 3.63) is 32.8 Å². The number of carbonyl (C=O) groups is 1. The molecule has 0 aromatic heterocycles. The number of carbonyl (C=O) groups excluding carboxylic acids is 1. The summed E-state index contributed by atoms with van der Waals surface area (Å²) in [5.41, 5.74) is -0.0564. The molecule has 2 rings (SSSR count). The number of benzene rings is 1. The molecule has 1 unspecified atom stereocenters. The number of anilines is 1. The third-order valence-corrected chi connectivity index (χ3v) is 4.53.